The van der Waals surface area contributed by atoms with Gasteiger partial charge in [-0.25, -0.2) is 0 Å². The highest BCUT2D eigenvalue weighted by Crippen LogP contribution is 2.31. The number of hydrogen-bond donors (Lipinski definition) is 1. The molecule has 1 aliphatic heterocycles. The van der Waals surface area contributed by atoms with Crippen molar-refractivity contribution in [2.45, 2.75) is 20.3 Å². The van der Waals surface area contributed by atoms with Crippen LogP contribution >= 0.6 is 0 Å². The van der Waals surface area contributed by atoms with E-state index in [0.717, 1.165) is 0 Å². The van der Waals surface area contributed by atoms with Crippen molar-refractivity contribution in [3.05, 3.63) is 35.5 Å². The largest absolute Gasteiger partial charge is 0.494 e. The van der Waals surface area contributed by atoms with Gasteiger partial charge in [0.15, 0.2) is 0 Å². The molecule has 0 saturated carbocycles. The van der Waals surface area contributed by atoms with Gasteiger partial charge in [0.05, 0.1) is 18.8 Å². The van der Waals surface area contributed by atoms with Crippen molar-refractivity contribution >= 4 is 17.4 Å². The number of aliphatic hydroxyl groups excluding tert-OH is 1. The van der Waals surface area contributed by atoms with Crippen molar-refractivity contribution in [1.29, 1.82) is 0 Å². The predicted molar refractivity (Wildman–Crippen MR) is 91.3 cm³/mol. The van der Waals surface area contributed by atoms with Crippen LogP contribution in [0.4, 0.5) is 0 Å². The van der Waals surface area contributed by atoms with E-state index in [4.69, 9.17) is 4.74 Å². The highest BCUT2D eigenvalue weighted by atomic mass is 16.5. The molecule has 24 heavy (non-hydrogen) atoms. The first-order chi connectivity index (χ1) is 11.5. The molecule has 0 saturated heterocycles. The number of carbonyl (C=O) groups excluding carboxylic acids is 2. The smallest absolute Gasteiger partial charge is 0.277 e. The first-order valence-corrected chi connectivity index (χ1v) is 8.20. The topological polar surface area (TPSA) is 70.1 Å². The molecule has 6 nitrogen and oxygen atoms in total. The fourth-order valence-corrected chi connectivity index (χ4v) is 2.75. The third-order valence-electron chi connectivity index (χ3n) is 3.86. The molecule has 0 spiro atoms. The number of aliphatic hydroxyl groups is 1. The standard InChI is InChI=1S/C18H24N2O4/c1-4-10-20-17(22)15(16(18(20)23)19(3)11-12-21)13-6-8-14(9-7-13)24-5-2/h6-9,21H,4-5,10-12H2,1-3H3. The Hall–Kier alpha value is -2.34. The van der Waals surface area contributed by atoms with Crippen LogP contribution in [0.2, 0.25) is 0 Å². The number of amides is 2. The Balaban J connectivity index is 2.46. The van der Waals surface area contributed by atoms with Crippen molar-refractivity contribution in [3.8, 4) is 5.75 Å². The van der Waals surface area contributed by atoms with E-state index in [2.05, 4.69) is 0 Å². The molecule has 130 valence electrons. The van der Waals surface area contributed by atoms with Gasteiger partial charge in [-0.1, -0.05) is 19.1 Å². The summed E-state index contributed by atoms with van der Waals surface area (Å²) >= 11 is 0. The van der Waals surface area contributed by atoms with E-state index in [1.165, 1.54) is 4.90 Å². The zero-order chi connectivity index (χ0) is 17.7. The summed E-state index contributed by atoms with van der Waals surface area (Å²) in [5.41, 5.74) is 1.40. The first kappa shape index (κ1) is 18.0. The number of nitrogens with zero attached hydrogens (tertiary/aromatic N) is 2. The van der Waals surface area contributed by atoms with Gasteiger partial charge in [0, 0.05) is 20.1 Å². The van der Waals surface area contributed by atoms with E-state index in [1.807, 2.05) is 13.8 Å². The van der Waals surface area contributed by atoms with Crippen LogP contribution in [0.15, 0.2) is 30.0 Å². The molecule has 0 aliphatic carbocycles. The van der Waals surface area contributed by atoms with Crippen molar-refractivity contribution in [2.24, 2.45) is 0 Å². The van der Waals surface area contributed by atoms with Gasteiger partial charge in [-0.05, 0) is 31.0 Å². The minimum absolute atomic E-state index is 0.0915. The molecule has 0 atom stereocenters. The van der Waals surface area contributed by atoms with Crippen LogP contribution in [-0.2, 0) is 9.59 Å². The van der Waals surface area contributed by atoms with Gasteiger partial charge in [-0.3, -0.25) is 14.5 Å². The highest BCUT2D eigenvalue weighted by molar-refractivity contribution is 6.35. The number of benzene rings is 1. The summed E-state index contributed by atoms with van der Waals surface area (Å²) in [5.74, 6) is 0.127. The molecule has 2 amide bonds. The van der Waals surface area contributed by atoms with Gasteiger partial charge >= 0.3 is 0 Å². The van der Waals surface area contributed by atoms with Crippen LogP contribution in [-0.4, -0.2) is 60.1 Å². The van der Waals surface area contributed by atoms with Crippen molar-refractivity contribution in [2.75, 3.05) is 33.4 Å². The number of carbonyl (C=O) groups is 2. The van der Waals surface area contributed by atoms with Crippen LogP contribution in [0.25, 0.3) is 5.57 Å². The number of rotatable bonds is 8. The summed E-state index contributed by atoms with van der Waals surface area (Å²) in [6, 6.07) is 7.15. The van der Waals surface area contributed by atoms with Crippen molar-refractivity contribution in [1.82, 2.24) is 9.80 Å². The summed E-state index contributed by atoms with van der Waals surface area (Å²) in [6.45, 7) is 4.97. The van der Waals surface area contributed by atoms with Gasteiger partial charge in [0.2, 0.25) is 0 Å². The molecule has 1 aromatic rings. The molecule has 1 aliphatic rings. The SMILES string of the molecule is CCCN1C(=O)C(c2ccc(OCC)cc2)=C(N(C)CCO)C1=O. The molecule has 2 rings (SSSR count). The predicted octanol–water partition coefficient (Wildman–Crippen LogP) is 1.50. The maximum Gasteiger partial charge on any atom is 0.277 e. The summed E-state index contributed by atoms with van der Waals surface area (Å²) in [4.78, 5) is 28.4. The Bertz CT molecular complexity index is 637. The molecular formula is C18H24N2O4. The lowest BCUT2D eigenvalue weighted by atomic mass is 10.0. The molecule has 1 N–H and O–H groups in total. The zero-order valence-corrected chi connectivity index (χ0v) is 14.4. The lowest BCUT2D eigenvalue weighted by molar-refractivity contribution is -0.137. The van der Waals surface area contributed by atoms with Crippen LogP contribution in [0, 0.1) is 0 Å². The number of ether oxygens (including phenoxy) is 1. The van der Waals surface area contributed by atoms with Crippen molar-refractivity contribution < 1.29 is 19.4 Å². The maximum atomic E-state index is 12.8. The lowest BCUT2D eigenvalue weighted by Crippen LogP contribution is -2.35. The summed E-state index contributed by atoms with van der Waals surface area (Å²) in [6.07, 6.45) is 0.699. The molecule has 1 heterocycles. The van der Waals surface area contributed by atoms with Gasteiger partial charge in [0.25, 0.3) is 11.8 Å². The third-order valence-corrected chi connectivity index (χ3v) is 3.86. The Morgan fingerprint density at radius 2 is 1.79 bits per heavy atom. The summed E-state index contributed by atoms with van der Waals surface area (Å²) in [5, 5.41) is 9.18. The van der Waals surface area contributed by atoms with Crippen LogP contribution < -0.4 is 4.74 Å². The molecule has 0 bridgehead atoms. The van der Waals surface area contributed by atoms with Gasteiger partial charge in [0.1, 0.15) is 11.4 Å². The third kappa shape index (κ3) is 3.43. The van der Waals surface area contributed by atoms with Crippen molar-refractivity contribution in [3.63, 3.8) is 0 Å². The Labute approximate surface area is 142 Å². The van der Waals surface area contributed by atoms with Gasteiger partial charge in [-0.2, -0.15) is 0 Å². The molecule has 0 unspecified atom stereocenters. The second kappa shape index (κ2) is 7.97. The van der Waals surface area contributed by atoms with E-state index >= 15 is 0 Å². The lowest BCUT2D eigenvalue weighted by Gasteiger charge is -2.20. The number of likely N-dealkylation sites (N-methyl/N-ethyl adjacent to an activating group) is 1. The molecule has 0 radical (unpaired) electrons. The number of imide groups is 1. The van der Waals surface area contributed by atoms with Crippen LogP contribution in [0.5, 0.6) is 5.75 Å². The molecular weight excluding hydrogens is 308 g/mol. The van der Waals surface area contributed by atoms with E-state index in [9.17, 15) is 14.7 Å². The molecule has 1 aromatic carbocycles. The minimum Gasteiger partial charge on any atom is -0.494 e. The average molecular weight is 332 g/mol. The Kier molecular flexibility index (Phi) is 5.98. The Morgan fingerprint density at radius 3 is 2.33 bits per heavy atom. The van der Waals surface area contributed by atoms with Crippen LogP contribution in [0.1, 0.15) is 25.8 Å². The maximum absolute atomic E-state index is 12.8. The first-order valence-electron chi connectivity index (χ1n) is 8.20. The van der Waals surface area contributed by atoms with E-state index in [-0.39, 0.29) is 25.0 Å². The average Bonchev–Trinajstić information content (AvgIpc) is 2.81. The summed E-state index contributed by atoms with van der Waals surface area (Å²) < 4.78 is 5.42. The van der Waals surface area contributed by atoms with Crippen LogP contribution in [0.3, 0.4) is 0 Å². The molecule has 6 heteroatoms. The number of hydrogen-bond acceptors (Lipinski definition) is 5. The highest BCUT2D eigenvalue weighted by Gasteiger charge is 2.40. The monoisotopic (exact) mass is 332 g/mol. The fraction of sp³-hybridized carbons (Fsp3) is 0.444. The molecule has 0 aromatic heterocycles. The fourth-order valence-electron chi connectivity index (χ4n) is 2.75. The molecule has 0 fully saturated rings. The van der Waals surface area contributed by atoms with E-state index < -0.39 is 0 Å². The minimum atomic E-state index is -0.304. The van der Waals surface area contributed by atoms with E-state index in [1.54, 1.807) is 36.2 Å². The Morgan fingerprint density at radius 1 is 1.12 bits per heavy atom. The quantitative estimate of drug-likeness (QED) is 0.731. The van der Waals surface area contributed by atoms with Gasteiger partial charge < -0.3 is 14.7 Å². The van der Waals surface area contributed by atoms with E-state index in [0.29, 0.717) is 42.2 Å². The second-order valence-electron chi connectivity index (χ2n) is 5.59. The zero-order valence-electron chi connectivity index (χ0n) is 14.4. The normalized spacial score (nSPS) is 14.6. The summed E-state index contributed by atoms with van der Waals surface area (Å²) in [7, 11) is 1.71. The second-order valence-corrected chi connectivity index (χ2v) is 5.59. The van der Waals surface area contributed by atoms with Gasteiger partial charge in [-0.15, -0.1) is 0 Å².